The summed E-state index contributed by atoms with van der Waals surface area (Å²) in [6, 6.07) is 7.64. The Bertz CT molecular complexity index is 500. The minimum absolute atomic E-state index is 0.0516. The van der Waals surface area contributed by atoms with E-state index in [0.717, 1.165) is 17.1 Å². The van der Waals surface area contributed by atoms with E-state index in [-0.39, 0.29) is 5.91 Å². The number of hydrogen-bond acceptors (Lipinski definition) is 2. The van der Waals surface area contributed by atoms with Crippen molar-refractivity contribution in [3.05, 3.63) is 36.7 Å². The molecule has 4 heteroatoms. The Hall–Kier alpha value is -2.10. The molecule has 0 radical (unpaired) electrons. The molecule has 0 unspecified atom stereocenters. The largest absolute Gasteiger partial charge is 0.345 e. The van der Waals surface area contributed by atoms with Crippen LogP contribution in [0.25, 0.3) is 11.4 Å². The third kappa shape index (κ3) is 3.20. The van der Waals surface area contributed by atoms with Crippen LogP contribution >= 0.6 is 0 Å². The number of carbonyl (C=O) groups is 1. The van der Waals surface area contributed by atoms with E-state index in [9.17, 15) is 4.79 Å². The van der Waals surface area contributed by atoms with Gasteiger partial charge in [0.05, 0.1) is 0 Å². The summed E-state index contributed by atoms with van der Waals surface area (Å²) in [6.45, 7) is 4.05. The molecule has 4 nitrogen and oxygen atoms in total. The van der Waals surface area contributed by atoms with Crippen molar-refractivity contribution in [3.8, 4) is 11.4 Å². The normalized spacial score (nSPS) is 10.6. The van der Waals surface area contributed by atoms with Crippen molar-refractivity contribution >= 4 is 11.6 Å². The zero-order valence-corrected chi connectivity index (χ0v) is 10.6. The second-order valence-electron chi connectivity index (χ2n) is 4.66. The first kappa shape index (κ1) is 12.4. The number of nitrogens with zero attached hydrogens (tertiary/aromatic N) is 1. The van der Waals surface area contributed by atoms with Crippen LogP contribution in [0.3, 0.4) is 0 Å². The maximum absolute atomic E-state index is 11.6. The summed E-state index contributed by atoms with van der Waals surface area (Å²) in [6.07, 6.45) is 4.04. The van der Waals surface area contributed by atoms with Gasteiger partial charge >= 0.3 is 0 Å². The summed E-state index contributed by atoms with van der Waals surface area (Å²) in [5.74, 6) is 1.25. The number of benzene rings is 1. The standard InChI is InChI=1S/C14H17N3O/c1-10(2)9-13(18)17-12-5-3-11(4-6-12)14-15-7-8-16-14/h3-8,10H,9H2,1-2H3,(H,15,16)(H,17,18). The Morgan fingerprint density at radius 2 is 2.06 bits per heavy atom. The van der Waals surface area contributed by atoms with Crippen LogP contribution in [0, 0.1) is 5.92 Å². The fraction of sp³-hybridized carbons (Fsp3) is 0.286. The second-order valence-corrected chi connectivity index (χ2v) is 4.66. The lowest BCUT2D eigenvalue weighted by Gasteiger charge is -2.07. The van der Waals surface area contributed by atoms with E-state index < -0.39 is 0 Å². The Labute approximate surface area is 106 Å². The number of imidazole rings is 1. The van der Waals surface area contributed by atoms with Crippen LogP contribution in [0.1, 0.15) is 20.3 Å². The first-order valence-electron chi connectivity index (χ1n) is 6.05. The van der Waals surface area contributed by atoms with Gasteiger partial charge in [0.2, 0.25) is 5.91 Å². The van der Waals surface area contributed by atoms with E-state index in [1.807, 2.05) is 38.1 Å². The van der Waals surface area contributed by atoms with E-state index in [2.05, 4.69) is 15.3 Å². The van der Waals surface area contributed by atoms with Gasteiger partial charge in [0, 0.05) is 30.1 Å². The molecule has 0 aliphatic rings. The van der Waals surface area contributed by atoms with Gasteiger partial charge < -0.3 is 10.3 Å². The molecule has 1 aromatic heterocycles. The number of amides is 1. The van der Waals surface area contributed by atoms with E-state index >= 15 is 0 Å². The highest BCUT2D eigenvalue weighted by molar-refractivity contribution is 5.91. The van der Waals surface area contributed by atoms with Crippen LogP contribution in [0.2, 0.25) is 0 Å². The Morgan fingerprint density at radius 1 is 1.33 bits per heavy atom. The quantitative estimate of drug-likeness (QED) is 0.867. The molecule has 0 aliphatic carbocycles. The molecule has 0 saturated heterocycles. The minimum Gasteiger partial charge on any atom is -0.345 e. The average molecular weight is 243 g/mol. The molecule has 1 heterocycles. The predicted octanol–water partition coefficient (Wildman–Crippen LogP) is 3.06. The molecule has 0 fully saturated rings. The molecule has 0 aliphatic heterocycles. The van der Waals surface area contributed by atoms with Gasteiger partial charge in [-0.1, -0.05) is 13.8 Å². The molecule has 18 heavy (non-hydrogen) atoms. The zero-order valence-electron chi connectivity index (χ0n) is 10.6. The molecule has 0 saturated carbocycles. The summed E-state index contributed by atoms with van der Waals surface area (Å²) in [4.78, 5) is 18.8. The van der Waals surface area contributed by atoms with E-state index in [1.165, 1.54) is 0 Å². The van der Waals surface area contributed by atoms with Crippen molar-refractivity contribution in [2.75, 3.05) is 5.32 Å². The molecule has 2 rings (SSSR count). The average Bonchev–Trinajstić information content (AvgIpc) is 2.82. The number of carbonyl (C=O) groups excluding carboxylic acids is 1. The van der Waals surface area contributed by atoms with Crippen molar-refractivity contribution in [3.63, 3.8) is 0 Å². The minimum atomic E-state index is 0.0516. The number of aromatic amines is 1. The summed E-state index contributed by atoms with van der Waals surface area (Å²) in [7, 11) is 0. The van der Waals surface area contributed by atoms with Gasteiger partial charge in [-0.15, -0.1) is 0 Å². The summed E-state index contributed by atoms with van der Waals surface area (Å²) >= 11 is 0. The van der Waals surface area contributed by atoms with Gasteiger partial charge in [-0.2, -0.15) is 0 Å². The first-order chi connectivity index (χ1) is 8.65. The highest BCUT2D eigenvalue weighted by Gasteiger charge is 2.05. The van der Waals surface area contributed by atoms with E-state index in [4.69, 9.17) is 0 Å². The van der Waals surface area contributed by atoms with Crippen LogP contribution in [0.5, 0.6) is 0 Å². The van der Waals surface area contributed by atoms with Crippen molar-refractivity contribution in [2.24, 2.45) is 5.92 Å². The molecule has 0 atom stereocenters. The van der Waals surface area contributed by atoms with Gasteiger partial charge in [-0.05, 0) is 30.2 Å². The lowest BCUT2D eigenvalue weighted by Crippen LogP contribution is -2.13. The van der Waals surface area contributed by atoms with Gasteiger partial charge in [0.15, 0.2) is 0 Å². The fourth-order valence-electron chi connectivity index (χ4n) is 1.72. The van der Waals surface area contributed by atoms with Crippen molar-refractivity contribution in [1.29, 1.82) is 0 Å². The summed E-state index contributed by atoms with van der Waals surface area (Å²) < 4.78 is 0. The second kappa shape index (κ2) is 5.49. The van der Waals surface area contributed by atoms with Crippen molar-refractivity contribution in [2.45, 2.75) is 20.3 Å². The lowest BCUT2D eigenvalue weighted by molar-refractivity contribution is -0.116. The van der Waals surface area contributed by atoms with E-state index in [1.54, 1.807) is 12.4 Å². The number of rotatable bonds is 4. The highest BCUT2D eigenvalue weighted by Crippen LogP contribution is 2.17. The number of anilines is 1. The SMILES string of the molecule is CC(C)CC(=O)Nc1ccc(-c2ncc[nH]2)cc1. The molecule has 1 amide bonds. The molecule has 1 aromatic carbocycles. The summed E-state index contributed by atoms with van der Waals surface area (Å²) in [5, 5.41) is 2.88. The Morgan fingerprint density at radius 3 is 2.61 bits per heavy atom. The number of hydrogen-bond donors (Lipinski definition) is 2. The monoisotopic (exact) mass is 243 g/mol. The van der Waals surface area contributed by atoms with Crippen LogP contribution < -0.4 is 5.32 Å². The third-order valence-corrected chi connectivity index (χ3v) is 2.53. The van der Waals surface area contributed by atoms with Gasteiger partial charge in [-0.3, -0.25) is 4.79 Å². The zero-order chi connectivity index (χ0) is 13.0. The highest BCUT2D eigenvalue weighted by atomic mass is 16.1. The van der Waals surface area contributed by atoms with E-state index in [0.29, 0.717) is 12.3 Å². The third-order valence-electron chi connectivity index (χ3n) is 2.53. The maximum atomic E-state index is 11.6. The molecule has 0 bridgehead atoms. The fourth-order valence-corrected chi connectivity index (χ4v) is 1.72. The van der Waals surface area contributed by atoms with Gasteiger partial charge in [0.1, 0.15) is 5.82 Å². The lowest BCUT2D eigenvalue weighted by atomic mass is 10.1. The van der Waals surface area contributed by atoms with Crippen molar-refractivity contribution in [1.82, 2.24) is 9.97 Å². The maximum Gasteiger partial charge on any atom is 0.224 e. The van der Waals surface area contributed by atoms with Crippen LogP contribution in [-0.4, -0.2) is 15.9 Å². The Balaban J connectivity index is 2.02. The van der Waals surface area contributed by atoms with Crippen LogP contribution in [0.15, 0.2) is 36.7 Å². The molecule has 0 spiro atoms. The predicted molar refractivity (Wildman–Crippen MR) is 72.1 cm³/mol. The molecule has 2 N–H and O–H groups in total. The number of H-pyrrole nitrogens is 1. The Kier molecular flexibility index (Phi) is 3.77. The van der Waals surface area contributed by atoms with Gasteiger partial charge in [-0.25, -0.2) is 4.98 Å². The first-order valence-corrected chi connectivity index (χ1v) is 6.05. The topological polar surface area (TPSA) is 57.8 Å². The smallest absolute Gasteiger partial charge is 0.224 e. The molecular formula is C14H17N3O. The van der Waals surface area contributed by atoms with Gasteiger partial charge in [0.25, 0.3) is 0 Å². The van der Waals surface area contributed by atoms with Crippen molar-refractivity contribution < 1.29 is 4.79 Å². The summed E-state index contributed by atoms with van der Waals surface area (Å²) in [5.41, 5.74) is 1.82. The van der Waals surface area contributed by atoms with Crippen LogP contribution in [0.4, 0.5) is 5.69 Å². The molecular weight excluding hydrogens is 226 g/mol. The van der Waals surface area contributed by atoms with Crippen LogP contribution in [-0.2, 0) is 4.79 Å². The number of nitrogens with one attached hydrogen (secondary N) is 2. The molecule has 94 valence electrons. The molecule has 2 aromatic rings. The number of aromatic nitrogens is 2.